The summed E-state index contributed by atoms with van der Waals surface area (Å²) in [6, 6.07) is 10.1. The number of aromatic nitrogens is 2. The Labute approximate surface area is 114 Å². The van der Waals surface area contributed by atoms with Crippen molar-refractivity contribution in [3.05, 3.63) is 47.6 Å². The highest BCUT2D eigenvalue weighted by atomic mass is 16.5. The molecule has 1 aromatic heterocycles. The van der Waals surface area contributed by atoms with E-state index in [1.165, 1.54) is 5.56 Å². The Balaban J connectivity index is 1.93. The third-order valence-electron chi connectivity index (χ3n) is 3.41. The van der Waals surface area contributed by atoms with Crippen molar-refractivity contribution in [1.82, 2.24) is 10.1 Å². The third-order valence-corrected chi connectivity index (χ3v) is 3.41. The highest BCUT2D eigenvalue weighted by molar-refractivity contribution is 5.15. The Morgan fingerprint density at radius 1 is 1.26 bits per heavy atom. The van der Waals surface area contributed by atoms with Crippen LogP contribution in [0.4, 0.5) is 0 Å². The maximum Gasteiger partial charge on any atom is 0.243 e. The first-order chi connectivity index (χ1) is 9.20. The molecule has 0 amide bonds. The molecule has 0 aliphatic carbocycles. The zero-order valence-electron chi connectivity index (χ0n) is 11.5. The summed E-state index contributed by atoms with van der Waals surface area (Å²) >= 11 is 0. The summed E-state index contributed by atoms with van der Waals surface area (Å²) in [5, 5.41) is 4.00. The normalized spacial score (nSPS) is 14.3. The number of rotatable bonds is 6. The molecule has 0 spiro atoms. The van der Waals surface area contributed by atoms with Crippen LogP contribution < -0.4 is 5.73 Å². The van der Waals surface area contributed by atoms with E-state index in [1.807, 2.05) is 18.2 Å². The smallest absolute Gasteiger partial charge is 0.243 e. The molecule has 0 bridgehead atoms. The topological polar surface area (TPSA) is 64.9 Å². The van der Waals surface area contributed by atoms with Crippen molar-refractivity contribution in [2.24, 2.45) is 5.73 Å². The molecule has 1 aromatic carbocycles. The van der Waals surface area contributed by atoms with Crippen LogP contribution in [0.25, 0.3) is 0 Å². The molecule has 2 aromatic rings. The molecule has 2 unspecified atom stereocenters. The van der Waals surface area contributed by atoms with Gasteiger partial charge in [0.1, 0.15) is 0 Å². The van der Waals surface area contributed by atoms with Gasteiger partial charge in [-0.3, -0.25) is 0 Å². The predicted molar refractivity (Wildman–Crippen MR) is 74.7 cm³/mol. The number of hydrogen-bond donors (Lipinski definition) is 1. The Hall–Kier alpha value is -1.68. The molecular formula is C15H21N3O. The summed E-state index contributed by atoms with van der Waals surface area (Å²) in [6.45, 7) is 4.19. The molecular weight excluding hydrogens is 238 g/mol. The molecule has 4 heteroatoms. The molecule has 2 rings (SSSR count). The van der Waals surface area contributed by atoms with Gasteiger partial charge in [-0.1, -0.05) is 49.3 Å². The summed E-state index contributed by atoms with van der Waals surface area (Å²) < 4.78 is 5.25. The third kappa shape index (κ3) is 3.64. The maximum absolute atomic E-state index is 6.10. The maximum atomic E-state index is 6.10. The SMILES string of the molecule is CCC(C)c1noc(C(N)CCc2ccccc2)n1. The Morgan fingerprint density at radius 3 is 2.68 bits per heavy atom. The van der Waals surface area contributed by atoms with Crippen LogP contribution in [-0.4, -0.2) is 10.1 Å². The van der Waals surface area contributed by atoms with Gasteiger partial charge in [0.15, 0.2) is 5.82 Å². The molecule has 0 aliphatic heterocycles. The molecule has 19 heavy (non-hydrogen) atoms. The standard InChI is InChI=1S/C15H21N3O/c1-3-11(2)14-17-15(19-18-14)13(16)10-9-12-7-5-4-6-8-12/h4-8,11,13H,3,9-10,16H2,1-2H3. The fraction of sp³-hybridized carbons (Fsp3) is 0.467. The summed E-state index contributed by atoms with van der Waals surface area (Å²) in [7, 11) is 0. The summed E-state index contributed by atoms with van der Waals surface area (Å²) in [5.74, 6) is 1.62. The van der Waals surface area contributed by atoms with Crippen LogP contribution in [0.15, 0.2) is 34.9 Å². The van der Waals surface area contributed by atoms with E-state index in [4.69, 9.17) is 10.3 Å². The number of benzene rings is 1. The van der Waals surface area contributed by atoms with Crippen molar-refractivity contribution in [1.29, 1.82) is 0 Å². The van der Waals surface area contributed by atoms with E-state index in [9.17, 15) is 0 Å². The molecule has 0 fully saturated rings. The molecule has 2 atom stereocenters. The van der Waals surface area contributed by atoms with E-state index >= 15 is 0 Å². The van der Waals surface area contributed by atoms with Gasteiger partial charge in [-0.2, -0.15) is 4.98 Å². The van der Waals surface area contributed by atoms with Crippen LogP contribution in [-0.2, 0) is 6.42 Å². The van der Waals surface area contributed by atoms with Crippen LogP contribution in [0, 0.1) is 0 Å². The van der Waals surface area contributed by atoms with E-state index in [2.05, 4.69) is 36.1 Å². The monoisotopic (exact) mass is 259 g/mol. The van der Waals surface area contributed by atoms with Crippen molar-refractivity contribution in [2.75, 3.05) is 0 Å². The van der Waals surface area contributed by atoms with Crippen molar-refractivity contribution in [3.63, 3.8) is 0 Å². The minimum atomic E-state index is -0.189. The molecule has 4 nitrogen and oxygen atoms in total. The van der Waals surface area contributed by atoms with Gasteiger partial charge in [-0.15, -0.1) is 0 Å². The van der Waals surface area contributed by atoms with E-state index in [-0.39, 0.29) is 6.04 Å². The Kier molecular flexibility index (Phi) is 4.68. The van der Waals surface area contributed by atoms with Gasteiger partial charge in [0.2, 0.25) is 5.89 Å². The van der Waals surface area contributed by atoms with Crippen LogP contribution in [0.2, 0.25) is 0 Å². The predicted octanol–water partition coefficient (Wildman–Crippen LogP) is 3.22. The van der Waals surface area contributed by atoms with Gasteiger partial charge in [-0.25, -0.2) is 0 Å². The average molecular weight is 259 g/mol. The largest absolute Gasteiger partial charge is 0.338 e. The second-order valence-electron chi connectivity index (χ2n) is 4.93. The number of hydrogen-bond acceptors (Lipinski definition) is 4. The summed E-state index contributed by atoms with van der Waals surface area (Å²) in [5.41, 5.74) is 7.38. The fourth-order valence-electron chi connectivity index (χ4n) is 1.87. The van der Waals surface area contributed by atoms with E-state index < -0.39 is 0 Å². The number of aryl methyl sites for hydroxylation is 1. The van der Waals surface area contributed by atoms with Crippen molar-refractivity contribution >= 4 is 0 Å². The van der Waals surface area contributed by atoms with Gasteiger partial charge in [0, 0.05) is 5.92 Å². The van der Waals surface area contributed by atoms with Crippen LogP contribution >= 0.6 is 0 Å². The zero-order valence-corrected chi connectivity index (χ0v) is 11.5. The van der Waals surface area contributed by atoms with Gasteiger partial charge < -0.3 is 10.3 Å². The molecule has 0 radical (unpaired) electrons. The van der Waals surface area contributed by atoms with E-state index in [0.29, 0.717) is 11.8 Å². The lowest BCUT2D eigenvalue weighted by atomic mass is 10.1. The molecule has 2 N–H and O–H groups in total. The lowest BCUT2D eigenvalue weighted by Gasteiger charge is -2.06. The Bertz CT molecular complexity index is 495. The van der Waals surface area contributed by atoms with Crippen molar-refractivity contribution in [3.8, 4) is 0 Å². The van der Waals surface area contributed by atoms with Crippen molar-refractivity contribution in [2.45, 2.75) is 45.1 Å². The van der Waals surface area contributed by atoms with Gasteiger partial charge in [-0.05, 0) is 24.8 Å². The molecule has 0 saturated carbocycles. The molecule has 102 valence electrons. The fourth-order valence-corrected chi connectivity index (χ4v) is 1.87. The van der Waals surface area contributed by atoms with Crippen LogP contribution in [0.3, 0.4) is 0 Å². The minimum Gasteiger partial charge on any atom is -0.338 e. The Morgan fingerprint density at radius 2 is 2.00 bits per heavy atom. The number of nitrogens with two attached hydrogens (primary N) is 1. The summed E-state index contributed by atoms with van der Waals surface area (Å²) in [6.07, 6.45) is 2.73. The highest BCUT2D eigenvalue weighted by Gasteiger charge is 2.17. The lowest BCUT2D eigenvalue weighted by molar-refractivity contribution is 0.343. The van der Waals surface area contributed by atoms with Gasteiger partial charge in [0.25, 0.3) is 0 Å². The highest BCUT2D eigenvalue weighted by Crippen LogP contribution is 2.19. The molecule has 1 heterocycles. The minimum absolute atomic E-state index is 0.189. The van der Waals surface area contributed by atoms with E-state index in [1.54, 1.807) is 0 Å². The molecule has 0 saturated heterocycles. The second kappa shape index (κ2) is 6.48. The van der Waals surface area contributed by atoms with Gasteiger partial charge in [0.05, 0.1) is 6.04 Å². The quantitative estimate of drug-likeness (QED) is 0.865. The van der Waals surface area contributed by atoms with E-state index in [0.717, 1.165) is 25.1 Å². The lowest BCUT2D eigenvalue weighted by Crippen LogP contribution is -2.12. The molecule has 0 aliphatic rings. The van der Waals surface area contributed by atoms with Gasteiger partial charge >= 0.3 is 0 Å². The first kappa shape index (κ1) is 13.7. The average Bonchev–Trinajstić information content (AvgIpc) is 2.95. The number of nitrogens with zero attached hydrogens (tertiary/aromatic N) is 2. The van der Waals surface area contributed by atoms with Crippen LogP contribution in [0.5, 0.6) is 0 Å². The zero-order chi connectivity index (χ0) is 13.7. The van der Waals surface area contributed by atoms with Crippen molar-refractivity contribution < 1.29 is 4.52 Å². The first-order valence-electron chi connectivity index (χ1n) is 6.83. The van der Waals surface area contributed by atoms with Crippen LogP contribution in [0.1, 0.15) is 55.9 Å². The summed E-state index contributed by atoms with van der Waals surface area (Å²) in [4.78, 5) is 4.39. The first-order valence-corrected chi connectivity index (χ1v) is 6.83. The second-order valence-corrected chi connectivity index (χ2v) is 4.93.